The van der Waals surface area contributed by atoms with Gasteiger partial charge in [-0.15, -0.1) is 0 Å². The first-order valence-corrected chi connectivity index (χ1v) is 4.49. The van der Waals surface area contributed by atoms with Crippen molar-refractivity contribution in [2.45, 2.75) is 44.8 Å². The van der Waals surface area contributed by atoms with Crippen molar-refractivity contribution in [2.75, 3.05) is 0 Å². The van der Waals surface area contributed by atoms with Crippen LogP contribution in [0, 0.1) is 5.92 Å². The van der Waals surface area contributed by atoms with Gasteiger partial charge < -0.3 is 10.2 Å². The maximum absolute atomic E-state index is 9.66. The Bertz CT molecular complexity index is 184. The summed E-state index contributed by atoms with van der Waals surface area (Å²) in [5.41, 5.74) is 0.232. The Morgan fingerprint density at radius 2 is 2.17 bits per heavy atom. The quantitative estimate of drug-likeness (QED) is 0.585. The summed E-state index contributed by atoms with van der Waals surface area (Å²) in [5.74, 6) is 0.389. The molecule has 0 aromatic rings. The summed E-state index contributed by atoms with van der Waals surface area (Å²) in [6.07, 6.45) is 1.68. The predicted octanol–water partition coefficient (Wildman–Crippen LogP) is 1.47. The van der Waals surface area contributed by atoms with Crippen molar-refractivity contribution in [3.05, 3.63) is 12.2 Å². The van der Waals surface area contributed by atoms with Crippen LogP contribution in [0.25, 0.3) is 0 Å². The van der Waals surface area contributed by atoms with Gasteiger partial charge in [0.2, 0.25) is 0 Å². The third-order valence-corrected chi connectivity index (χ3v) is 2.92. The summed E-state index contributed by atoms with van der Waals surface area (Å²) in [4.78, 5) is 0. The largest absolute Gasteiger partial charge is 0.390 e. The fourth-order valence-corrected chi connectivity index (χ4v) is 1.72. The molecule has 2 N–H and O–H groups in total. The van der Waals surface area contributed by atoms with Crippen LogP contribution in [0.3, 0.4) is 0 Å². The Balaban J connectivity index is 2.58. The van der Waals surface area contributed by atoms with E-state index in [1.54, 1.807) is 6.92 Å². The molecule has 1 aliphatic rings. The monoisotopic (exact) mass is 170 g/mol. The molecule has 0 aromatic heterocycles. The molecule has 0 saturated heterocycles. The minimum atomic E-state index is -0.883. The second-order valence-corrected chi connectivity index (χ2v) is 4.19. The molecule has 0 radical (unpaired) electrons. The minimum absolute atomic E-state index is 0.389. The smallest absolute Gasteiger partial charge is 0.0877 e. The summed E-state index contributed by atoms with van der Waals surface area (Å²) in [7, 11) is 0. The van der Waals surface area contributed by atoms with Gasteiger partial charge in [0.1, 0.15) is 0 Å². The van der Waals surface area contributed by atoms with Gasteiger partial charge >= 0.3 is 0 Å². The second kappa shape index (κ2) is 3.19. The van der Waals surface area contributed by atoms with Crippen LogP contribution in [0.15, 0.2) is 12.2 Å². The van der Waals surface area contributed by atoms with Gasteiger partial charge in [-0.3, -0.25) is 0 Å². The van der Waals surface area contributed by atoms with Crippen LogP contribution in [-0.2, 0) is 0 Å². The van der Waals surface area contributed by atoms with Gasteiger partial charge in [-0.05, 0) is 39.0 Å². The number of aliphatic hydroxyl groups excluding tert-OH is 1. The van der Waals surface area contributed by atoms with Crippen molar-refractivity contribution in [3.8, 4) is 0 Å². The van der Waals surface area contributed by atoms with Crippen LogP contribution in [0.5, 0.6) is 0 Å². The lowest BCUT2D eigenvalue weighted by molar-refractivity contribution is -0.0952. The van der Waals surface area contributed by atoms with Crippen molar-refractivity contribution in [1.29, 1.82) is 0 Å². The molecule has 0 aromatic carbocycles. The zero-order chi connectivity index (χ0) is 9.35. The first kappa shape index (κ1) is 9.75. The molecule has 0 spiro atoms. The Labute approximate surface area is 73.9 Å². The van der Waals surface area contributed by atoms with E-state index < -0.39 is 11.7 Å². The van der Waals surface area contributed by atoms with Gasteiger partial charge in [-0.1, -0.05) is 12.2 Å². The summed E-state index contributed by atoms with van der Waals surface area (Å²) in [5, 5.41) is 19.2. The fourth-order valence-electron chi connectivity index (χ4n) is 1.72. The van der Waals surface area contributed by atoms with E-state index in [9.17, 15) is 10.2 Å². The normalized spacial score (nSPS) is 42.7. The highest BCUT2D eigenvalue weighted by atomic mass is 16.3. The van der Waals surface area contributed by atoms with Gasteiger partial charge in [0.15, 0.2) is 0 Å². The lowest BCUT2D eigenvalue weighted by atomic mass is 9.75. The molecule has 0 unspecified atom stereocenters. The molecule has 0 aliphatic heterocycles. The molecule has 0 heterocycles. The van der Waals surface area contributed by atoms with Crippen molar-refractivity contribution in [2.24, 2.45) is 5.92 Å². The third kappa shape index (κ3) is 1.87. The van der Waals surface area contributed by atoms with Gasteiger partial charge in [0.25, 0.3) is 0 Å². The van der Waals surface area contributed by atoms with Crippen LogP contribution < -0.4 is 0 Å². The van der Waals surface area contributed by atoms with Crippen LogP contribution in [0.4, 0.5) is 0 Å². The van der Waals surface area contributed by atoms with Crippen LogP contribution in [-0.4, -0.2) is 21.9 Å². The number of allylic oxidation sites excluding steroid dienone is 1. The number of aliphatic hydroxyl groups is 2. The Morgan fingerprint density at radius 3 is 2.58 bits per heavy atom. The van der Waals surface area contributed by atoms with Crippen LogP contribution in [0.2, 0.25) is 0 Å². The standard InChI is InChI=1S/C10H18O2/c1-7(2)8-4-5-10(3,12)9(11)6-8/h8-9,11-12H,1,4-6H2,2-3H3/t8-,9-,10-/m0/s1. The van der Waals surface area contributed by atoms with E-state index in [1.807, 2.05) is 6.92 Å². The molecule has 3 atom stereocenters. The van der Waals surface area contributed by atoms with E-state index in [0.717, 1.165) is 12.0 Å². The SMILES string of the molecule is C=C(C)[C@H]1CC[C@](C)(O)[C@@H](O)C1. The van der Waals surface area contributed by atoms with Crippen LogP contribution in [0.1, 0.15) is 33.1 Å². The highest BCUT2D eigenvalue weighted by Gasteiger charge is 2.37. The summed E-state index contributed by atoms with van der Waals surface area (Å²) >= 11 is 0. The van der Waals surface area contributed by atoms with Crippen molar-refractivity contribution >= 4 is 0 Å². The number of hydrogen-bond donors (Lipinski definition) is 2. The molecular weight excluding hydrogens is 152 g/mol. The average molecular weight is 170 g/mol. The Kier molecular flexibility index (Phi) is 2.59. The van der Waals surface area contributed by atoms with Gasteiger partial charge in [0.05, 0.1) is 11.7 Å². The van der Waals surface area contributed by atoms with Gasteiger partial charge in [-0.2, -0.15) is 0 Å². The zero-order valence-corrected chi connectivity index (χ0v) is 7.88. The highest BCUT2D eigenvalue weighted by molar-refractivity contribution is 5.02. The number of rotatable bonds is 1. The minimum Gasteiger partial charge on any atom is -0.390 e. The van der Waals surface area contributed by atoms with E-state index in [-0.39, 0.29) is 0 Å². The molecule has 0 bridgehead atoms. The highest BCUT2D eigenvalue weighted by Crippen LogP contribution is 2.34. The molecule has 1 saturated carbocycles. The third-order valence-electron chi connectivity index (χ3n) is 2.92. The van der Waals surface area contributed by atoms with Crippen molar-refractivity contribution in [3.63, 3.8) is 0 Å². The Morgan fingerprint density at radius 1 is 1.58 bits per heavy atom. The van der Waals surface area contributed by atoms with E-state index in [1.165, 1.54) is 0 Å². The van der Waals surface area contributed by atoms with E-state index in [0.29, 0.717) is 18.8 Å². The average Bonchev–Trinajstić information content (AvgIpc) is 1.94. The predicted molar refractivity (Wildman–Crippen MR) is 48.8 cm³/mol. The first-order chi connectivity index (χ1) is 5.43. The van der Waals surface area contributed by atoms with Gasteiger partial charge in [-0.25, -0.2) is 0 Å². The molecule has 1 rings (SSSR count). The van der Waals surface area contributed by atoms with E-state index in [4.69, 9.17) is 0 Å². The topological polar surface area (TPSA) is 40.5 Å². The molecule has 2 nitrogen and oxygen atoms in total. The zero-order valence-electron chi connectivity index (χ0n) is 7.88. The number of hydrogen-bond acceptors (Lipinski definition) is 2. The van der Waals surface area contributed by atoms with Crippen molar-refractivity contribution < 1.29 is 10.2 Å². The van der Waals surface area contributed by atoms with Crippen molar-refractivity contribution in [1.82, 2.24) is 0 Å². The fraction of sp³-hybridized carbons (Fsp3) is 0.800. The van der Waals surface area contributed by atoms with E-state index >= 15 is 0 Å². The lowest BCUT2D eigenvalue weighted by Crippen LogP contribution is -2.44. The maximum Gasteiger partial charge on any atom is 0.0877 e. The Hall–Kier alpha value is -0.340. The van der Waals surface area contributed by atoms with Crippen LogP contribution >= 0.6 is 0 Å². The second-order valence-electron chi connectivity index (χ2n) is 4.19. The summed E-state index contributed by atoms with van der Waals surface area (Å²) in [6, 6.07) is 0. The molecular formula is C10H18O2. The van der Waals surface area contributed by atoms with E-state index in [2.05, 4.69) is 6.58 Å². The molecule has 12 heavy (non-hydrogen) atoms. The maximum atomic E-state index is 9.66. The summed E-state index contributed by atoms with van der Waals surface area (Å²) in [6.45, 7) is 7.55. The lowest BCUT2D eigenvalue weighted by Gasteiger charge is -2.38. The molecule has 2 heteroatoms. The molecule has 70 valence electrons. The molecule has 1 fully saturated rings. The van der Waals surface area contributed by atoms with Gasteiger partial charge in [0, 0.05) is 0 Å². The summed E-state index contributed by atoms with van der Waals surface area (Å²) < 4.78 is 0. The molecule has 0 amide bonds. The molecule has 1 aliphatic carbocycles. The first-order valence-electron chi connectivity index (χ1n) is 4.49.